The van der Waals surface area contributed by atoms with Crippen LogP contribution in [0.5, 0.6) is 0 Å². The molecule has 1 aromatic heterocycles. The molecule has 0 aromatic carbocycles. The summed E-state index contributed by atoms with van der Waals surface area (Å²) < 4.78 is 33.2. The molecule has 1 aromatic rings. The molecule has 19 heavy (non-hydrogen) atoms. The Labute approximate surface area is 113 Å². The van der Waals surface area contributed by atoms with Crippen molar-refractivity contribution in [2.24, 2.45) is 0 Å². The molecule has 1 N–H and O–H groups in total. The van der Waals surface area contributed by atoms with Crippen molar-refractivity contribution < 1.29 is 13.2 Å². The lowest BCUT2D eigenvalue weighted by atomic mass is 10.3. The van der Waals surface area contributed by atoms with Gasteiger partial charge in [-0.1, -0.05) is 0 Å². The standard InChI is InChI=1S/C11H20N4O3S/c1-3-15-8-11(13-9-15)19(16,17)14(2)7-10-6-12-4-5-18-10/h8-10,12H,3-7H2,1-2H3. The maximum Gasteiger partial charge on any atom is 0.261 e. The van der Waals surface area contributed by atoms with Crippen LogP contribution in [0.25, 0.3) is 0 Å². The highest BCUT2D eigenvalue weighted by Gasteiger charge is 2.26. The zero-order chi connectivity index (χ0) is 13.9. The minimum absolute atomic E-state index is 0.0839. The van der Waals surface area contributed by atoms with Crippen molar-refractivity contribution in [1.29, 1.82) is 0 Å². The first-order valence-electron chi connectivity index (χ1n) is 6.34. The summed E-state index contributed by atoms with van der Waals surface area (Å²) in [5.74, 6) is 0. The number of hydrogen-bond acceptors (Lipinski definition) is 5. The van der Waals surface area contributed by atoms with Gasteiger partial charge in [0.05, 0.1) is 19.0 Å². The highest BCUT2D eigenvalue weighted by molar-refractivity contribution is 7.89. The first-order valence-corrected chi connectivity index (χ1v) is 7.78. The number of aromatic nitrogens is 2. The molecule has 1 unspecified atom stereocenters. The molecule has 108 valence electrons. The first kappa shape index (κ1) is 14.4. The lowest BCUT2D eigenvalue weighted by molar-refractivity contribution is 0.0206. The Hall–Kier alpha value is -0.960. The van der Waals surface area contributed by atoms with Gasteiger partial charge in [-0.05, 0) is 6.92 Å². The number of nitrogens with one attached hydrogen (secondary N) is 1. The van der Waals surface area contributed by atoms with E-state index in [9.17, 15) is 8.42 Å². The second kappa shape index (κ2) is 6.00. The zero-order valence-electron chi connectivity index (χ0n) is 11.2. The van der Waals surface area contributed by atoms with Crippen molar-refractivity contribution in [1.82, 2.24) is 19.2 Å². The van der Waals surface area contributed by atoms with Gasteiger partial charge in [0.25, 0.3) is 10.0 Å². The van der Waals surface area contributed by atoms with Gasteiger partial charge in [-0.25, -0.2) is 13.4 Å². The van der Waals surface area contributed by atoms with Gasteiger partial charge in [0.1, 0.15) is 0 Å². The second-order valence-corrected chi connectivity index (χ2v) is 6.52. The molecule has 0 amide bonds. The average Bonchev–Trinajstić information content (AvgIpc) is 2.89. The van der Waals surface area contributed by atoms with E-state index in [2.05, 4.69) is 10.3 Å². The molecule has 0 aliphatic carbocycles. The number of imidazole rings is 1. The summed E-state index contributed by atoms with van der Waals surface area (Å²) in [5, 5.41) is 3.26. The molecule has 0 bridgehead atoms. The van der Waals surface area contributed by atoms with Gasteiger partial charge >= 0.3 is 0 Å². The van der Waals surface area contributed by atoms with Crippen molar-refractivity contribution >= 4 is 10.0 Å². The largest absolute Gasteiger partial charge is 0.374 e. The van der Waals surface area contributed by atoms with Crippen molar-refractivity contribution in [2.45, 2.75) is 24.6 Å². The smallest absolute Gasteiger partial charge is 0.261 e. The number of nitrogens with zero attached hydrogens (tertiary/aromatic N) is 3. The number of rotatable bonds is 5. The molecule has 2 heterocycles. The van der Waals surface area contributed by atoms with E-state index in [1.54, 1.807) is 17.8 Å². The Kier molecular flexibility index (Phi) is 4.56. The molecule has 0 saturated carbocycles. The minimum Gasteiger partial charge on any atom is -0.374 e. The fraction of sp³-hybridized carbons (Fsp3) is 0.727. The predicted molar refractivity (Wildman–Crippen MR) is 70.3 cm³/mol. The Balaban J connectivity index is 2.05. The van der Waals surface area contributed by atoms with E-state index < -0.39 is 10.0 Å². The number of sulfonamides is 1. The lowest BCUT2D eigenvalue weighted by Gasteiger charge is -2.27. The van der Waals surface area contributed by atoms with Gasteiger partial charge < -0.3 is 14.6 Å². The fourth-order valence-electron chi connectivity index (χ4n) is 1.93. The Morgan fingerprint density at radius 1 is 1.63 bits per heavy atom. The highest BCUT2D eigenvalue weighted by Crippen LogP contribution is 2.13. The van der Waals surface area contributed by atoms with Crippen LogP contribution in [0.1, 0.15) is 6.92 Å². The van der Waals surface area contributed by atoms with Gasteiger partial charge in [0.15, 0.2) is 5.03 Å². The monoisotopic (exact) mass is 288 g/mol. The van der Waals surface area contributed by atoms with E-state index >= 15 is 0 Å². The Morgan fingerprint density at radius 3 is 3.00 bits per heavy atom. The van der Waals surface area contributed by atoms with E-state index in [-0.39, 0.29) is 11.1 Å². The molecule has 0 radical (unpaired) electrons. The summed E-state index contributed by atoms with van der Waals surface area (Å²) in [6.07, 6.45) is 2.97. The van der Waals surface area contributed by atoms with Crippen LogP contribution in [0, 0.1) is 0 Å². The van der Waals surface area contributed by atoms with Crippen LogP contribution in [-0.4, -0.2) is 61.7 Å². The summed E-state index contributed by atoms with van der Waals surface area (Å²) in [6.45, 7) is 5.06. The third-order valence-electron chi connectivity index (χ3n) is 3.11. The summed E-state index contributed by atoms with van der Waals surface area (Å²) in [6, 6.07) is 0. The molecule has 8 heteroatoms. The van der Waals surface area contributed by atoms with Crippen molar-refractivity contribution in [3.05, 3.63) is 12.5 Å². The van der Waals surface area contributed by atoms with Crippen LogP contribution >= 0.6 is 0 Å². The van der Waals surface area contributed by atoms with Crippen LogP contribution in [-0.2, 0) is 21.3 Å². The van der Waals surface area contributed by atoms with Gasteiger partial charge in [-0.3, -0.25) is 0 Å². The predicted octanol–water partition coefficient (Wildman–Crippen LogP) is -0.488. The molecule has 1 aliphatic heterocycles. The summed E-state index contributed by atoms with van der Waals surface area (Å²) in [5.41, 5.74) is 0. The van der Waals surface area contributed by atoms with Crippen LogP contribution in [0.3, 0.4) is 0 Å². The van der Waals surface area contributed by atoms with Crippen molar-refractivity contribution in [3.63, 3.8) is 0 Å². The Bertz CT molecular complexity index is 508. The van der Waals surface area contributed by atoms with Crippen LogP contribution in [0.4, 0.5) is 0 Å². The molecular formula is C11H20N4O3S. The minimum atomic E-state index is -3.53. The fourth-order valence-corrected chi connectivity index (χ4v) is 3.06. The quantitative estimate of drug-likeness (QED) is 0.791. The van der Waals surface area contributed by atoms with Crippen molar-refractivity contribution in [2.75, 3.05) is 33.3 Å². The lowest BCUT2D eigenvalue weighted by Crippen LogP contribution is -2.45. The summed E-state index contributed by atoms with van der Waals surface area (Å²) >= 11 is 0. The van der Waals surface area contributed by atoms with E-state index in [4.69, 9.17) is 4.74 Å². The van der Waals surface area contributed by atoms with E-state index in [0.717, 1.165) is 6.54 Å². The van der Waals surface area contributed by atoms with Crippen molar-refractivity contribution in [3.8, 4) is 0 Å². The third kappa shape index (κ3) is 3.33. The molecule has 1 atom stereocenters. The van der Waals surface area contributed by atoms with Gasteiger partial charge in [-0.2, -0.15) is 4.31 Å². The first-order chi connectivity index (χ1) is 9.04. The second-order valence-electron chi connectivity index (χ2n) is 4.52. The van der Waals surface area contributed by atoms with Crippen LogP contribution < -0.4 is 5.32 Å². The van der Waals surface area contributed by atoms with E-state index in [0.29, 0.717) is 26.2 Å². The normalized spacial score (nSPS) is 20.9. The van der Waals surface area contributed by atoms with Crippen LogP contribution in [0.2, 0.25) is 0 Å². The molecule has 1 saturated heterocycles. The summed E-state index contributed by atoms with van der Waals surface area (Å²) in [4.78, 5) is 3.95. The van der Waals surface area contributed by atoms with E-state index in [1.807, 2.05) is 6.92 Å². The molecule has 1 fully saturated rings. The molecular weight excluding hydrogens is 268 g/mol. The van der Waals surface area contributed by atoms with Gasteiger partial charge in [-0.15, -0.1) is 0 Å². The van der Waals surface area contributed by atoms with Gasteiger partial charge in [0, 0.05) is 39.4 Å². The number of morpholine rings is 1. The number of ether oxygens (including phenoxy) is 1. The molecule has 0 spiro atoms. The maximum absolute atomic E-state index is 12.3. The molecule has 2 rings (SSSR count). The van der Waals surface area contributed by atoms with E-state index in [1.165, 1.54) is 10.6 Å². The highest BCUT2D eigenvalue weighted by atomic mass is 32.2. The zero-order valence-corrected chi connectivity index (χ0v) is 12.1. The molecule has 1 aliphatic rings. The average molecular weight is 288 g/mol. The Morgan fingerprint density at radius 2 is 2.42 bits per heavy atom. The maximum atomic E-state index is 12.3. The third-order valence-corrected chi connectivity index (χ3v) is 4.82. The molecule has 7 nitrogen and oxygen atoms in total. The topological polar surface area (TPSA) is 76.5 Å². The van der Waals surface area contributed by atoms with Gasteiger partial charge in [0.2, 0.25) is 0 Å². The number of hydrogen-bond donors (Lipinski definition) is 1. The summed E-state index contributed by atoms with van der Waals surface area (Å²) in [7, 11) is -1.98. The number of aryl methyl sites for hydroxylation is 1. The SMILES string of the molecule is CCn1cnc(S(=O)(=O)N(C)CC2CNCCO2)c1. The van der Waals surface area contributed by atoms with Crippen LogP contribution in [0.15, 0.2) is 17.6 Å². The number of likely N-dealkylation sites (N-methyl/N-ethyl adjacent to an activating group) is 1.